The number of nitrogens with two attached hydrogens (primary N) is 1. The first-order valence-electron chi connectivity index (χ1n) is 4.97. The van der Waals surface area contributed by atoms with Crippen LogP contribution in [0, 0.1) is 13.8 Å². The van der Waals surface area contributed by atoms with E-state index in [4.69, 9.17) is 10.2 Å². The van der Waals surface area contributed by atoms with E-state index in [1.165, 1.54) is 0 Å². The van der Waals surface area contributed by atoms with Crippen LogP contribution in [0.25, 0.3) is 0 Å². The van der Waals surface area contributed by atoms with E-state index >= 15 is 0 Å². The highest BCUT2D eigenvalue weighted by Crippen LogP contribution is 2.15. The summed E-state index contributed by atoms with van der Waals surface area (Å²) < 4.78 is 7.51. The number of hydrogen-bond donors (Lipinski definition) is 1. The Balaban J connectivity index is 2.21. The van der Waals surface area contributed by atoms with Crippen LogP contribution in [0.5, 0.6) is 0 Å². The van der Waals surface area contributed by atoms with Crippen molar-refractivity contribution in [3.63, 3.8) is 0 Å². The van der Waals surface area contributed by atoms with Crippen molar-refractivity contribution in [2.75, 3.05) is 0 Å². The van der Waals surface area contributed by atoms with Crippen LogP contribution in [-0.4, -0.2) is 9.78 Å². The molecule has 0 saturated heterocycles. The van der Waals surface area contributed by atoms with Gasteiger partial charge in [0.05, 0.1) is 13.1 Å². The highest BCUT2D eigenvalue weighted by Gasteiger charge is 2.07. The molecule has 0 aromatic carbocycles. The molecule has 0 amide bonds. The van der Waals surface area contributed by atoms with Gasteiger partial charge in [-0.15, -0.1) is 0 Å². The summed E-state index contributed by atoms with van der Waals surface area (Å²) in [5, 5.41) is 4.20. The highest BCUT2D eigenvalue weighted by atomic mass is 16.3. The van der Waals surface area contributed by atoms with Crippen molar-refractivity contribution in [3.05, 3.63) is 41.1 Å². The molecule has 2 heterocycles. The quantitative estimate of drug-likeness (QED) is 0.828. The minimum atomic E-state index is 0.448. The third kappa shape index (κ3) is 1.94. The van der Waals surface area contributed by atoms with E-state index in [-0.39, 0.29) is 0 Å². The summed E-state index contributed by atoms with van der Waals surface area (Å²) in [5.74, 6) is 1.76. The molecule has 2 aromatic rings. The standard InChI is InChI=1S/C11H15N3O/c1-8-5-10(15-11(8)6-12)7-14-9(2)3-4-13-14/h3-5H,6-7,12H2,1-2H3. The van der Waals surface area contributed by atoms with Crippen molar-refractivity contribution in [2.24, 2.45) is 5.73 Å². The Morgan fingerprint density at radius 3 is 2.80 bits per heavy atom. The van der Waals surface area contributed by atoms with Gasteiger partial charge in [0.25, 0.3) is 0 Å². The normalized spacial score (nSPS) is 10.9. The number of aryl methyl sites for hydroxylation is 2. The van der Waals surface area contributed by atoms with Crippen molar-refractivity contribution >= 4 is 0 Å². The molecule has 0 aliphatic carbocycles. The van der Waals surface area contributed by atoms with E-state index in [0.717, 1.165) is 22.8 Å². The summed E-state index contributed by atoms with van der Waals surface area (Å²) in [5.41, 5.74) is 7.78. The summed E-state index contributed by atoms with van der Waals surface area (Å²) in [6.07, 6.45) is 1.79. The van der Waals surface area contributed by atoms with Crippen LogP contribution >= 0.6 is 0 Å². The van der Waals surface area contributed by atoms with Gasteiger partial charge in [0.2, 0.25) is 0 Å². The number of aromatic nitrogens is 2. The maximum absolute atomic E-state index is 5.61. The topological polar surface area (TPSA) is 57.0 Å². The van der Waals surface area contributed by atoms with Crippen molar-refractivity contribution in [3.8, 4) is 0 Å². The van der Waals surface area contributed by atoms with Crippen molar-refractivity contribution in [2.45, 2.75) is 26.9 Å². The van der Waals surface area contributed by atoms with E-state index in [1.54, 1.807) is 6.20 Å². The fraction of sp³-hybridized carbons (Fsp3) is 0.364. The van der Waals surface area contributed by atoms with Crippen LogP contribution in [0.1, 0.15) is 22.8 Å². The maximum Gasteiger partial charge on any atom is 0.126 e. The van der Waals surface area contributed by atoms with E-state index in [1.807, 2.05) is 30.7 Å². The van der Waals surface area contributed by atoms with Crippen LogP contribution in [0.4, 0.5) is 0 Å². The summed E-state index contributed by atoms with van der Waals surface area (Å²) in [4.78, 5) is 0. The zero-order valence-electron chi connectivity index (χ0n) is 9.03. The second-order valence-corrected chi connectivity index (χ2v) is 3.65. The Hall–Kier alpha value is -1.55. The number of hydrogen-bond acceptors (Lipinski definition) is 3. The highest BCUT2D eigenvalue weighted by molar-refractivity contribution is 5.20. The average Bonchev–Trinajstić information content (AvgIpc) is 2.75. The number of rotatable bonds is 3. The van der Waals surface area contributed by atoms with Crippen LogP contribution in [-0.2, 0) is 13.1 Å². The second kappa shape index (κ2) is 3.90. The summed E-state index contributed by atoms with van der Waals surface area (Å²) in [7, 11) is 0. The zero-order chi connectivity index (χ0) is 10.8. The number of nitrogens with zero attached hydrogens (tertiary/aromatic N) is 2. The van der Waals surface area contributed by atoms with E-state index in [0.29, 0.717) is 13.1 Å². The predicted octanol–water partition coefficient (Wildman–Crippen LogP) is 1.60. The predicted molar refractivity (Wildman–Crippen MR) is 57.4 cm³/mol. The van der Waals surface area contributed by atoms with E-state index < -0.39 is 0 Å². The van der Waals surface area contributed by atoms with Gasteiger partial charge in [0.1, 0.15) is 11.5 Å². The first-order valence-corrected chi connectivity index (χ1v) is 4.97. The lowest BCUT2D eigenvalue weighted by Crippen LogP contribution is -2.02. The molecule has 0 unspecified atom stereocenters. The molecule has 15 heavy (non-hydrogen) atoms. The lowest BCUT2D eigenvalue weighted by molar-refractivity contribution is 0.442. The van der Waals surface area contributed by atoms with Gasteiger partial charge in [0.15, 0.2) is 0 Å². The average molecular weight is 205 g/mol. The van der Waals surface area contributed by atoms with Gasteiger partial charge in [-0.1, -0.05) is 0 Å². The van der Waals surface area contributed by atoms with Gasteiger partial charge >= 0.3 is 0 Å². The molecule has 0 atom stereocenters. The fourth-order valence-electron chi connectivity index (χ4n) is 1.58. The molecule has 2 N–H and O–H groups in total. The molecule has 2 rings (SSSR count). The molecular formula is C11H15N3O. The smallest absolute Gasteiger partial charge is 0.126 e. The Kier molecular flexibility index (Phi) is 2.60. The molecule has 0 aliphatic rings. The van der Waals surface area contributed by atoms with Gasteiger partial charge < -0.3 is 10.2 Å². The second-order valence-electron chi connectivity index (χ2n) is 3.65. The number of furan rings is 1. The van der Waals surface area contributed by atoms with Crippen molar-refractivity contribution < 1.29 is 4.42 Å². The Morgan fingerprint density at radius 2 is 2.27 bits per heavy atom. The Labute approximate surface area is 88.7 Å². The molecule has 0 radical (unpaired) electrons. The Bertz CT molecular complexity index is 456. The molecule has 4 heteroatoms. The molecule has 2 aromatic heterocycles. The van der Waals surface area contributed by atoms with Crippen molar-refractivity contribution in [1.29, 1.82) is 0 Å². The minimum Gasteiger partial charge on any atom is -0.462 e. The molecule has 80 valence electrons. The molecule has 0 bridgehead atoms. The molecule has 0 saturated carbocycles. The summed E-state index contributed by atoms with van der Waals surface area (Å²) in [6, 6.07) is 3.99. The maximum atomic E-state index is 5.61. The monoisotopic (exact) mass is 205 g/mol. The van der Waals surface area contributed by atoms with Gasteiger partial charge in [-0.3, -0.25) is 4.68 Å². The molecule has 0 spiro atoms. The van der Waals surface area contributed by atoms with Gasteiger partial charge in [0, 0.05) is 11.9 Å². The minimum absolute atomic E-state index is 0.448. The van der Waals surface area contributed by atoms with Crippen LogP contribution < -0.4 is 5.73 Å². The fourth-order valence-corrected chi connectivity index (χ4v) is 1.58. The lowest BCUT2D eigenvalue weighted by Gasteiger charge is -2.00. The Morgan fingerprint density at radius 1 is 1.47 bits per heavy atom. The van der Waals surface area contributed by atoms with Crippen LogP contribution in [0.15, 0.2) is 22.7 Å². The first-order chi connectivity index (χ1) is 7.20. The molecule has 0 aliphatic heterocycles. The zero-order valence-corrected chi connectivity index (χ0v) is 9.03. The van der Waals surface area contributed by atoms with E-state index in [2.05, 4.69) is 5.10 Å². The third-order valence-electron chi connectivity index (χ3n) is 2.49. The molecular weight excluding hydrogens is 190 g/mol. The van der Waals surface area contributed by atoms with Gasteiger partial charge in [-0.25, -0.2) is 0 Å². The third-order valence-corrected chi connectivity index (χ3v) is 2.49. The van der Waals surface area contributed by atoms with Crippen LogP contribution in [0.3, 0.4) is 0 Å². The summed E-state index contributed by atoms with van der Waals surface area (Å²) >= 11 is 0. The van der Waals surface area contributed by atoms with Gasteiger partial charge in [-0.2, -0.15) is 5.10 Å². The van der Waals surface area contributed by atoms with Gasteiger partial charge in [-0.05, 0) is 31.5 Å². The molecule has 0 fully saturated rings. The summed E-state index contributed by atoms with van der Waals surface area (Å²) in [6.45, 7) is 5.14. The van der Waals surface area contributed by atoms with Crippen LogP contribution in [0.2, 0.25) is 0 Å². The lowest BCUT2D eigenvalue weighted by atomic mass is 10.2. The van der Waals surface area contributed by atoms with Crippen molar-refractivity contribution in [1.82, 2.24) is 9.78 Å². The largest absolute Gasteiger partial charge is 0.462 e. The first kappa shape index (κ1) is 9.98. The molecule has 4 nitrogen and oxygen atoms in total. The van der Waals surface area contributed by atoms with E-state index in [9.17, 15) is 0 Å². The SMILES string of the molecule is Cc1cc(Cn2nccc2C)oc1CN.